The van der Waals surface area contributed by atoms with Crippen LogP contribution in [0.15, 0.2) is 205 Å². The number of rotatable bonds is 4. The molecule has 4 heterocycles. The summed E-state index contributed by atoms with van der Waals surface area (Å²) in [5.74, 6) is 0.488. The summed E-state index contributed by atoms with van der Waals surface area (Å²) >= 11 is 0. The summed E-state index contributed by atoms with van der Waals surface area (Å²) in [6, 6.07) is 69.2. The molecule has 0 aliphatic heterocycles. The molecule has 61 heavy (non-hydrogen) atoms. The minimum absolute atomic E-state index is 0.142. The molecule has 0 unspecified atom stereocenters. The molecule has 13 rings (SSSR count). The Morgan fingerprint density at radius 3 is 1.57 bits per heavy atom. The summed E-state index contributed by atoms with van der Waals surface area (Å²) in [5.41, 5.74) is 8.03. The number of hydrogen-bond acceptors (Lipinski definition) is 3. The van der Waals surface area contributed by atoms with Gasteiger partial charge in [0.25, 0.3) is 5.56 Å². The molecule has 9 aromatic carbocycles. The third-order valence-corrected chi connectivity index (χ3v) is 12.4. The fourth-order valence-corrected chi connectivity index (χ4v) is 9.81. The van der Waals surface area contributed by atoms with Gasteiger partial charge in [-0.25, -0.2) is 4.98 Å². The predicted molar refractivity (Wildman–Crippen MR) is 252 cm³/mol. The highest BCUT2D eigenvalue weighted by Crippen LogP contribution is 2.42. The van der Waals surface area contributed by atoms with E-state index in [9.17, 15) is 0 Å². The molecule has 6 nitrogen and oxygen atoms in total. The molecule has 0 saturated heterocycles. The van der Waals surface area contributed by atoms with E-state index >= 15 is 4.79 Å². The van der Waals surface area contributed by atoms with E-state index in [0.717, 1.165) is 98.6 Å². The molecule has 4 aromatic heterocycles. The van der Waals surface area contributed by atoms with Crippen molar-refractivity contribution in [2.75, 3.05) is 0 Å². The normalized spacial score (nSPS) is 12.0. The van der Waals surface area contributed by atoms with Crippen molar-refractivity contribution in [1.29, 1.82) is 0 Å². The standard InChI is InChI=1S/C55H33N5O/c61-54-43-25-12-11-24-42(43)51-52(36-17-3-1-4-18-36)56-55(60-47-30-27-34-15-7-9-21-39(34)49(47)50-40-22-10-8-16-35(40)28-31-48(50)60)57-53(51)59(54)38-29-32-46-44(33-38)41-23-13-14-26-45(41)58(46)37-19-5-2-6-20-37/h1-33H. The quantitative estimate of drug-likeness (QED) is 0.167. The lowest BCUT2D eigenvalue weighted by Gasteiger charge is -2.18. The Morgan fingerprint density at radius 1 is 0.344 bits per heavy atom. The number of para-hydroxylation sites is 2. The van der Waals surface area contributed by atoms with Crippen LogP contribution in [0.4, 0.5) is 0 Å². The maximum Gasteiger partial charge on any atom is 0.264 e. The van der Waals surface area contributed by atoms with Crippen LogP contribution in [0.1, 0.15) is 0 Å². The van der Waals surface area contributed by atoms with Crippen molar-refractivity contribution >= 4 is 87.0 Å². The van der Waals surface area contributed by atoms with Crippen LogP contribution in [0.2, 0.25) is 0 Å². The van der Waals surface area contributed by atoms with E-state index in [2.05, 4.69) is 161 Å². The molecule has 0 aliphatic rings. The molecular weight excluding hydrogens is 747 g/mol. The van der Waals surface area contributed by atoms with Crippen LogP contribution in [0.25, 0.3) is 116 Å². The van der Waals surface area contributed by atoms with Crippen molar-refractivity contribution in [3.8, 4) is 28.6 Å². The van der Waals surface area contributed by atoms with E-state index < -0.39 is 0 Å². The monoisotopic (exact) mass is 779 g/mol. The first kappa shape index (κ1) is 33.6. The molecule has 0 saturated carbocycles. The molecule has 13 aromatic rings. The molecule has 0 N–H and O–H groups in total. The summed E-state index contributed by atoms with van der Waals surface area (Å²) < 4.78 is 6.29. The van der Waals surface area contributed by atoms with Gasteiger partial charge in [-0.2, -0.15) is 4.98 Å². The minimum Gasteiger partial charge on any atom is -0.309 e. The molecule has 0 atom stereocenters. The summed E-state index contributed by atoms with van der Waals surface area (Å²) in [7, 11) is 0. The Kier molecular flexibility index (Phi) is 7.06. The predicted octanol–water partition coefficient (Wildman–Crippen LogP) is 13.1. The topological polar surface area (TPSA) is 57.6 Å². The highest BCUT2D eigenvalue weighted by atomic mass is 16.1. The number of pyridine rings is 1. The maximum absolute atomic E-state index is 15.2. The van der Waals surface area contributed by atoms with E-state index in [-0.39, 0.29) is 5.56 Å². The van der Waals surface area contributed by atoms with E-state index in [1.165, 1.54) is 0 Å². The van der Waals surface area contributed by atoms with Crippen molar-refractivity contribution < 1.29 is 0 Å². The third kappa shape index (κ3) is 4.81. The summed E-state index contributed by atoms with van der Waals surface area (Å²) in [6.07, 6.45) is 0. The van der Waals surface area contributed by atoms with Gasteiger partial charge in [-0.1, -0.05) is 146 Å². The first-order chi connectivity index (χ1) is 30.2. The number of aromatic nitrogens is 5. The van der Waals surface area contributed by atoms with E-state index in [0.29, 0.717) is 17.0 Å². The molecule has 0 amide bonds. The van der Waals surface area contributed by atoms with Crippen molar-refractivity contribution in [3.63, 3.8) is 0 Å². The largest absolute Gasteiger partial charge is 0.309 e. The Labute approximate surface area is 348 Å². The van der Waals surface area contributed by atoms with Crippen molar-refractivity contribution in [3.05, 3.63) is 211 Å². The van der Waals surface area contributed by atoms with Crippen LogP contribution >= 0.6 is 0 Å². The minimum atomic E-state index is -0.142. The second-order valence-corrected chi connectivity index (χ2v) is 15.7. The number of hydrogen-bond donors (Lipinski definition) is 0. The molecule has 0 aliphatic carbocycles. The molecule has 6 heteroatoms. The Balaban J connectivity index is 1.20. The van der Waals surface area contributed by atoms with Gasteiger partial charge >= 0.3 is 0 Å². The van der Waals surface area contributed by atoms with Gasteiger partial charge in [0.15, 0.2) is 5.65 Å². The molecule has 0 radical (unpaired) electrons. The SMILES string of the molecule is O=c1c2ccccc2c2c(-c3ccccc3)nc(-n3c4ccc5ccccc5c4c4c5ccccc5ccc43)nc2n1-c1ccc2c(c1)c1ccccc1n2-c1ccccc1. The van der Waals surface area contributed by atoms with Crippen molar-refractivity contribution in [2.45, 2.75) is 0 Å². The lowest BCUT2D eigenvalue weighted by Crippen LogP contribution is -2.21. The molecular formula is C55H33N5O. The summed E-state index contributed by atoms with van der Waals surface area (Å²) in [6.45, 7) is 0. The number of benzene rings is 9. The fourth-order valence-electron chi connectivity index (χ4n) is 9.81. The average molecular weight is 780 g/mol. The maximum atomic E-state index is 15.2. The molecule has 284 valence electrons. The Bertz CT molecular complexity index is 3920. The Hall–Kier alpha value is -8.35. The third-order valence-electron chi connectivity index (χ3n) is 12.4. The second-order valence-electron chi connectivity index (χ2n) is 15.7. The van der Waals surface area contributed by atoms with Crippen LogP contribution < -0.4 is 5.56 Å². The average Bonchev–Trinajstić information content (AvgIpc) is 3.85. The van der Waals surface area contributed by atoms with Crippen LogP contribution in [-0.4, -0.2) is 23.7 Å². The zero-order valence-corrected chi connectivity index (χ0v) is 32.7. The Morgan fingerprint density at radius 2 is 0.885 bits per heavy atom. The fraction of sp³-hybridized carbons (Fsp3) is 0. The highest BCUT2D eigenvalue weighted by molar-refractivity contribution is 6.28. The van der Waals surface area contributed by atoms with Crippen molar-refractivity contribution in [1.82, 2.24) is 23.7 Å². The lowest BCUT2D eigenvalue weighted by molar-refractivity contribution is 0.968. The molecule has 0 fully saturated rings. The summed E-state index contributed by atoms with van der Waals surface area (Å²) in [5, 5.41) is 11.3. The van der Waals surface area contributed by atoms with E-state index in [1.54, 1.807) is 0 Å². The summed E-state index contributed by atoms with van der Waals surface area (Å²) in [4.78, 5) is 26.3. The highest BCUT2D eigenvalue weighted by Gasteiger charge is 2.24. The lowest BCUT2D eigenvalue weighted by atomic mass is 10.00. The van der Waals surface area contributed by atoms with Gasteiger partial charge in [0.2, 0.25) is 5.95 Å². The van der Waals surface area contributed by atoms with Gasteiger partial charge in [0.05, 0.1) is 38.8 Å². The van der Waals surface area contributed by atoms with Gasteiger partial charge in [0, 0.05) is 43.6 Å². The number of nitrogens with zero attached hydrogens (tertiary/aromatic N) is 5. The second kappa shape index (κ2) is 12.8. The smallest absolute Gasteiger partial charge is 0.264 e. The van der Waals surface area contributed by atoms with Crippen LogP contribution in [0.5, 0.6) is 0 Å². The first-order valence-electron chi connectivity index (χ1n) is 20.6. The molecule has 0 bridgehead atoms. The van der Waals surface area contributed by atoms with Crippen LogP contribution in [0.3, 0.4) is 0 Å². The van der Waals surface area contributed by atoms with Crippen LogP contribution in [0, 0.1) is 0 Å². The van der Waals surface area contributed by atoms with Crippen LogP contribution in [-0.2, 0) is 0 Å². The zero-order chi connectivity index (χ0) is 40.2. The van der Waals surface area contributed by atoms with Crippen molar-refractivity contribution in [2.24, 2.45) is 0 Å². The van der Waals surface area contributed by atoms with Gasteiger partial charge in [-0.05, 0) is 76.1 Å². The van der Waals surface area contributed by atoms with Gasteiger partial charge < -0.3 is 4.57 Å². The van der Waals surface area contributed by atoms with Gasteiger partial charge in [0.1, 0.15) is 0 Å². The van der Waals surface area contributed by atoms with Gasteiger partial charge in [-0.15, -0.1) is 0 Å². The zero-order valence-electron chi connectivity index (χ0n) is 32.7. The first-order valence-corrected chi connectivity index (χ1v) is 20.6. The number of fused-ring (bicyclic) bond motifs is 13. The van der Waals surface area contributed by atoms with E-state index in [1.807, 2.05) is 53.1 Å². The van der Waals surface area contributed by atoms with Gasteiger partial charge in [-0.3, -0.25) is 13.9 Å². The molecule has 0 spiro atoms. The van der Waals surface area contributed by atoms with E-state index in [4.69, 9.17) is 9.97 Å².